The zero-order valence-corrected chi connectivity index (χ0v) is 13.8. The van der Waals surface area contributed by atoms with E-state index in [1.165, 1.54) is 19.4 Å². The number of likely N-dealkylation sites (tertiary alicyclic amines) is 1. The van der Waals surface area contributed by atoms with Crippen LogP contribution in [0.5, 0.6) is 0 Å². The summed E-state index contributed by atoms with van der Waals surface area (Å²) in [6, 6.07) is 2.27. The molecule has 0 bridgehead atoms. The van der Waals surface area contributed by atoms with Crippen molar-refractivity contribution < 1.29 is 9.53 Å². The van der Waals surface area contributed by atoms with Gasteiger partial charge < -0.3 is 9.64 Å². The van der Waals surface area contributed by atoms with Crippen molar-refractivity contribution in [2.75, 3.05) is 32.8 Å². The van der Waals surface area contributed by atoms with E-state index in [0.717, 1.165) is 49.7 Å². The zero-order chi connectivity index (χ0) is 15.8. The van der Waals surface area contributed by atoms with Crippen molar-refractivity contribution in [3.05, 3.63) is 29.6 Å². The molecule has 3 fully saturated rings. The highest BCUT2D eigenvalue weighted by atomic mass is 16.5. The SMILES string of the molecule is Cc1ccncc1C(=O)N1CC[C@H]2OCCN(CC3CC3)[C@@H]2C1. The summed E-state index contributed by atoms with van der Waals surface area (Å²) in [5, 5.41) is 0. The molecule has 2 atom stereocenters. The lowest BCUT2D eigenvalue weighted by Crippen LogP contribution is -2.61. The molecule has 5 nitrogen and oxygen atoms in total. The lowest BCUT2D eigenvalue weighted by atomic mass is 9.97. The second-order valence-corrected chi connectivity index (χ2v) is 7.15. The molecule has 3 heterocycles. The Bertz CT molecular complexity index is 587. The third kappa shape index (κ3) is 3.12. The number of nitrogens with zero attached hydrogens (tertiary/aromatic N) is 3. The lowest BCUT2D eigenvalue weighted by molar-refractivity contribution is -0.0989. The predicted molar refractivity (Wildman–Crippen MR) is 87.3 cm³/mol. The van der Waals surface area contributed by atoms with Crippen LogP contribution in [0.3, 0.4) is 0 Å². The Morgan fingerprint density at radius 1 is 1.35 bits per heavy atom. The number of aromatic nitrogens is 1. The smallest absolute Gasteiger partial charge is 0.255 e. The number of hydrogen-bond donors (Lipinski definition) is 0. The summed E-state index contributed by atoms with van der Waals surface area (Å²) in [4.78, 5) is 21.6. The highest BCUT2D eigenvalue weighted by Gasteiger charge is 2.40. The fourth-order valence-electron chi connectivity index (χ4n) is 3.84. The molecule has 23 heavy (non-hydrogen) atoms. The van der Waals surface area contributed by atoms with Crippen LogP contribution in [0.1, 0.15) is 35.2 Å². The van der Waals surface area contributed by atoms with Gasteiger partial charge in [-0.2, -0.15) is 0 Å². The number of carbonyl (C=O) groups is 1. The Morgan fingerprint density at radius 2 is 2.22 bits per heavy atom. The van der Waals surface area contributed by atoms with Gasteiger partial charge in [0.2, 0.25) is 0 Å². The summed E-state index contributed by atoms with van der Waals surface area (Å²) in [7, 11) is 0. The molecule has 5 heteroatoms. The first kappa shape index (κ1) is 15.1. The number of rotatable bonds is 3. The predicted octanol–water partition coefficient (Wildman–Crippen LogP) is 1.72. The number of pyridine rings is 1. The Kier molecular flexibility index (Phi) is 4.07. The molecule has 0 radical (unpaired) electrons. The molecule has 3 aliphatic rings. The fraction of sp³-hybridized carbons (Fsp3) is 0.667. The van der Waals surface area contributed by atoms with Gasteiger partial charge in [0.15, 0.2) is 0 Å². The van der Waals surface area contributed by atoms with Crippen molar-refractivity contribution in [2.24, 2.45) is 5.92 Å². The van der Waals surface area contributed by atoms with Crippen LogP contribution >= 0.6 is 0 Å². The molecule has 1 aromatic heterocycles. The van der Waals surface area contributed by atoms with Crippen molar-refractivity contribution in [1.29, 1.82) is 0 Å². The maximum Gasteiger partial charge on any atom is 0.255 e. The molecule has 1 amide bonds. The van der Waals surface area contributed by atoms with E-state index in [4.69, 9.17) is 4.74 Å². The normalized spacial score (nSPS) is 28.5. The van der Waals surface area contributed by atoms with Gasteiger partial charge in [-0.1, -0.05) is 0 Å². The number of carbonyl (C=O) groups excluding carboxylic acids is 1. The van der Waals surface area contributed by atoms with Gasteiger partial charge in [-0.25, -0.2) is 0 Å². The first-order valence-electron chi connectivity index (χ1n) is 8.78. The van der Waals surface area contributed by atoms with Crippen LogP contribution in [0.4, 0.5) is 0 Å². The van der Waals surface area contributed by atoms with Gasteiger partial charge in [0.1, 0.15) is 0 Å². The first-order valence-corrected chi connectivity index (χ1v) is 8.78. The summed E-state index contributed by atoms with van der Waals surface area (Å²) in [5.41, 5.74) is 1.73. The zero-order valence-electron chi connectivity index (χ0n) is 13.8. The van der Waals surface area contributed by atoms with Crippen molar-refractivity contribution in [1.82, 2.24) is 14.8 Å². The van der Waals surface area contributed by atoms with Crippen molar-refractivity contribution in [3.63, 3.8) is 0 Å². The van der Waals surface area contributed by atoms with E-state index >= 15 is 0 Å². The Balaban J connectivity index is 1.48. The molecule has 1 aliphatic carbocycles. The molecule has 2 aliphatic heterocycles. The number of piperidine rings is 1. The highest BCUT2D eigenvalue weighted by molar-refractivity contribution is 5.95. The van der Waals surface area contributed by atoms with Crippen LogP contribution in [0.15, 0.2) is 18.5 Å². The molecule has 124 valence electrons. The second-order valence-electron chi connectivity index (χ2n) is 7.15. The Labute approximate surface area is 137 Å². The van der Waals surface area contributed by atoms with Crippen LogP contribution < -0.4 is 0 Å². The molecule has 0 unspecified atom stereocenters. The van der Waals surface area contributed by atoms with Crippen LogP contribution in [-0.4, -0.2) is 65.6 Å². The topological polar surface area (TPSA) is 45.7 Å². The molecule has 2 saturated heterocycles. The third-order valence-electron chi connectivity index (χ3n) is 5.45. The number of fused-ring (bicyclic) bond motifs is 1. The number of hydrogen-bond acceptors (Lipinski definition) is 4. The molecular weight excluding hydrogens is 290 g/mol. The summed E-state index contributed by atoms with van der Waals surface area (Å²) in [5.74, 6) is 0.992. The molecule has 1 saturated carbocycles. The Morgan fingerprint density at radius 3 is 3.00 bits per heavy atom. The van der Waals surface area contributed by atoms with E-state index in [1.54, 1.807) is 12.4 Å². The van der Waals surface area contributed by atoms with Crippen molar-refractivity contribution in [2.45, 2.75) is 38.3 Å². The number of morpholine rings is 1. The standard InChI is InChI=1S/C18H25N3O2/c1-13-4-6-19-10-15(13)18(22)21-7-5-17-16(12-21)20(8-9-23-17)11-14-2-3-14/h4,6,10,14,16-17H,2-3,5,7-9,11-12H2,1H3/t16-,17-/m1/s1. The quantitative estimate of drug-likeness (QED) is 0.852. The average molecular weight is 315 g/mol. The number of amides is 1. The minimum absolute atomic E-state index is 0.117. The monoisotopic (exact) mass is 315 g/mol. The van der Waals surface area contributed by atoms with Crippen LogP contribution in [0, 0.1) is 12.8 Å². The fourth-order valence-corrected chi connectivity index (χ4v) is 3.84. The molecular formula is C18H25N3O2. The van der Waals surface area contributed by atoms with E-state index in [9.17, 15) is 4.79 Å². The van der Waals surface area contributed by atoms with E-state index < -0.39 is 0 Å². The maximum absolute atomic E-state index is 12.9. The van der Waals surface area contributed by atoms with E-state index in [1.807, 2.05) is 17.9 Å². The summed E-state index contributed by atoms with van der Waals surface area (Å²) >= 11 is 0. The number of aryl methyl sites for hydroxylation is 1. The van der Waals surface area contributed by atoms with Crippen LogP contribution in [-0.2, 0) is 4.74 Å². The number of ether oxygens (including phenoxy) is 1. The molecule has 0 spiro atoms. The van der Waals surface area contributed by atoms with Gasteiger partial charge in [0, 0.05) is 38.6 Å². The largest absolute Gasteiger partial charge is 0.375 e. The third-order valence-corrected chi connectivity index (χ3v) is 5.45. The summed E-state index contributed by atoms with van der Waals surface area (Å²) in [6.07, 6.45) is 7.41. The Hall–Kier alpha value is -1.46. The van der Waals surface area contributed by atoms with Crippen molar-refractivity contribution in [3.8, 4) is 0 Å². The van der Waals surface area contributed by atoms with Gasteiger partial charge in [-0.15, -0.1) is 0 Å². The van der Waals surface area contributed by atoms with Gasteiger partial charge >= 0.3 is 0 Å². The minimum Gasteiger partial charge on any atom is -0.375 e. The highest BCUT2D eigenvalue weighted by Crippen LogP contribution is 2.33. The van der Waals surface area contributed by atoms with Gasteiger partial charge in [-0.3, -0.25) is 14.7 Å². The van der Waals surface area contributed by atoms with E-state index in [2.05, 4.69) is 9.88 Å². The van der Waals surface area contributed by atoms with Crippen molar-refractivity contribution >= 4 is 5.91 Å². The lowest BCUT2D eigenvalue weighted by Gasteiger charge is -2.47. The summed E-state index contributed by atoms with van der Waals surface area (Å²) in [6.45, 7) is 6.56. The molecule has 4 rings (SSSR count). The maximum atomic E-state index is 12.9. The first-order chi connectivity index (χ1) is 11.2. The second kappa shape index (κ2) is 6.21. The van der Waals surface area contributed by atoms with Gasteiger partial charge in [0.05, 0.1) is 24.3 Å². The average Bonchev–Trinajstić information content (AvgIpc) is 3.39. The molecule has 0 aromatic carbocycles. The van der Waals surface area contributed by atoms with Crippen LogP contribution in [0.2, 0.25) is 0 Å². The minimum atomic E-state index is 0.117. The van der Waals surface area contributed by atoms with Gasteiger partial charge in [0.25, 0.3) is 5.91 Å². The van der Waals surface area contributed by atoms with E-state index in [-0.39, 0.29) is 5.91 Å². The molecule has 1 aromatic rings. The molecule has 0 N–H and O–H groups in total. The summed E-state index contributed by atoms with van der Waals surface area (Å²) < 4.78 is 5.98. The van der Waals surface area contributed by atoms with E-state index in [0.29, 0.717) is 12.1 Å². The van der Waals surface area contributed by atoms with Crippen LogP contribution in [0.25, 0.3) is 0 Å². The van der Waals surface area contributed by atoms with Gasteiger partial charge in [-0.05, 0) is 43.7 Å².